The van der Waals surface area contributed by atoms with E-state index in [-0.39, 0.29) is 22.7 Å². The summed E-state index contributed by atoms with van der Waals surface area (Å²) < 4.78 is 0. The van der Waals surface area contributed by atoms with Crippen LogP contribution in [0.1, 0.15) is 23.0 Å². The summed E-state index contributed by atoms with van der Waals surface area (Å²) in [6.45, 7) is 0. The number of hydrogen-bond acceptors (Lipinski definition) is 4. The van der Waals surface area contributed by atoms with Crippen LogP contribution in [-0.4, -0.2) is 0 Å². The highest BCUT2D eigenvalue weighted by Crippen LogP contribution is 2.37. The highest BCUT2D eigenvalue weighted by atomic mass is 32.2. The summed E-state index contributed by atoms with van der Waals surface area (Å²) in [6.07, 6.45) is 7.72. The second-order valence-corrected chi connectivity index (χ2v) is 8.73. The summed E-state index contributed by atoms with van der Waals surface area (Å²) in [5.41, 5.74) is 2.00. The molecule has 4 heteroatoms. The van der Waals surface area contributed by atoms with Crippen molar-refractivity contribution in [3.8, 4) is 0 Å². The zero-order chi connectivity index (χ0) is 19.1. The average Bonchev–Trinajstić information content (AvgIpc) is 2.75. The molecule has 0 saturated carbocycles. The van der Waals surface area contributed by atoms with E-state index in [0.29, 0.717) is 10.4 Å². The van der Waals surface area contributed by atoms with E-state index in [9.17, 15) is 9.59 Å². The van der Waals surface area contributed by atoms with Gasteiger partial charge in [0.05, 0.1) is 10.4 Å². The van der Waals surface area contributed by atoms with E-state index in [0.717, 1.165) is 11.1 Å². The van der Waals surface area contributed by atoms with Gasteiger partial charge in [-0.1, -0.05) is 84.2 Å². The van der Waals surface area contributed by atoms with Gasteiger partial charge in [0.2, 0.25) is 0 Å². The van der Waals surface area contributed by atoms with Gasteiger partial charge in [-0.2, -0.15) is 0 Å². The molecular formula is C24H16O2S2. The van der Waals surface area contributed by atoms with Crippen LogP contribution < -0.4 is 21.3 Å². The Balaban J connectivity index is 1.56. The monoisotopic (exact) mass is 400 g/mol. The van der Waals surface area contributed by atoms with Crippen molar-refractivity contribution in [3.05, 3.63) is 114 Å². The highest BCUT2D eigenvalue weighted by Gasteiger charge is 2.19. The maximum Gasteiger partial charge on any atom is 0.200 e. The van der Waals surface area contributed by atoms with Crippen LogP contribution in [0.25, 0.3) is 12.2 Å². The van der Waals surface area contributed by atoms with Crippen molar-refractivity contribution in [2.45, 2.75) is 21.6 Å². The van der Waals surface area contributed by atoms with E-state index in [1.165, 1.54) is 9.79 Å². The summed E-state index contributed by atoms with van der Waals surface area (Å²) >= 11 is 3.33. The van der Waals surface area contributed by atoms with Crippen molar-refractivity contribution < 1.29 is 0 Å². The molecule has 3 aromatic rings. The van der Waals surface area contributed by atoms with Gasteiger partial charge in [0.1, 0.15) is 0 Å². The van der Waals surface area contributed by atoms with Crippen LogP contribution in [0.2, 0.25) is 0 Å². The van der Waals surface area contributed by atoms with E-state index in [4.69, 9.17) is 0 Å². The van der Waals surface area contributed by atoms with Gasteiger partial charge < -0.3 is 0 Å². The number of benzene rings is 2. The number of hydrogen-bond donors (Lipinski definition) is 0. The first kappa shape index (κ1) is 17.5. The van der Waals surface area contributed by atoms with Crippen LogP contribution in [-0.2, 0) is 0 Å². The predicted octanol–water partition coefficient (Wildman–Crippen LogP) is 3.65. The van der Waals surface area contributed by atoms with Gasteiger partial charge in [0.25, 0.3) is 0 Å². The molecule has 136 valence electrons. The molecule has 0 bridgehead atoms. The molecule has 0 aromatic heterocycles. The molecule has 2 heterocycles. The Morgan fingerprint density at radius 1 is 0.643 bits per heavy atom. The van der Waals surface area contributed by atoms with Crippen molar-refractivity contribution >= 4 is 35.7 Å². The first-order chi connectivity index (χ1) is 13.7. The Hall–Kier alpha value is -2.56. The van der Waals surface area contributed by atoms with Gasteiger partial charge in [-0.05, 0) is 34.1 Å². The van der Waals surface area contributed by atoms with Crippen molar-refractivity contribution in [3.63, 3.8) is 0 Å². The fraction of sp³-hybridized carbons (Fsp3) is 0.0833. The fourth-order valence-corrected chi connectivity index (χ4v) is 5.50. The lowest BCUT2D eigenvalue weighted by Gasteiger charge is -2.17. The minimum Gasteiger partial charge on any atom is -0.288 e. The molecule has 5 rings (SSSR count). The molecule has 0 radical (unpaired) electrons. The molecule has 0 amide bonds. The molecule has 0 saturated heterocycles. The van der Waals surface area contributed by atoms with Gasteiger partial charge in [0, 0.05) is 21.6 Å². The number of allylic oxidation sites excluding steroid dienone is 2. The minimum atomic E-state index is -0.141. The van der Waals surface area contributed by atoms with Gasteiger partial charge in [-0.15, -0.1) is 0 Å². The molecule has 2 aliphatic heterocycles. The highest BCUT2D eigenvalue weighted by molar-refractivity contribution is 8.02. The van der Waals surface area contributed by atoms with Crippen molar-refractivity contribution in [1.82, 2.24) is 0 Å². The maximum absolute atomic E-state index is 12.7. The van der Waals surface area contributed by atoms with E-state index in [1.807, 2.05) is 59.4 Å². The second-order valence-electron chi connectivity index (χ2n) is 6.84. The molecule has 28 heavy (non-hydrogen) atoms. The van der Waals surface area contributed by atoms with Crippen LogP contribution >= 0.6 is 23.5 Å². The van der Waals surface area contributed by atoms with Crippen LogP contribution in [0, 0.1) is 0 Å². The zero-order valence-corrected chi connectivity index (χ0v) is 16.5. The molecule has 2 aliphatic rings. The Bertz CT molecular complexity index is 1190. The summed E-state index contributed by atoms with van der Waals surface area (Å²) in [6, 6.07) is 16.2. The van der Waals surface area contributed by atoms with Gasteiger partial charge in [-0.3, -0.25) is 9.59 Å². The SMILES string of the molecule is O=c1c(=CC2C=CSc3ccccc32)c(=O)c1=CC1C=CSc2ccccc21. The normalized spacial score (nSPS) is 19.9. The predicted molar refractivity (Wildman–Crippen MR) is 118 cm³/mol. The smallest absolute Gasteiger partial charge is 0.200 e. The Labute approximate surface area is 170 Å². The van der Waals surface area contributed by atoms with Crippen molar-refractivity contribution in [2.75, 3.05) is 0 Å². The van der Waals surface area contributed by atoms with Crippen LogP contribution in [0.3, 0.4) is 0 Å². The molecule has 2 unspecified atom stereocenters. The summed E-state index contributed by atoms with van der Waals surface area (Å²) in [7, 11) is 0. The van der Waals surface area contributed by atoms with E-state index >= 15 is 0 Å². The quantitative estimate of drug-likeness (QED) is 0.658. The fourth-order valence-electron chi connectivity index (χ4n) is 3.71. The topological polar surface area (TPSA) is 34.1 Å². The van der Waals surface area contributed by atoms with Gasteiger partial charge >= 0.3 is 0 Å². The van der Waals surface area contributed by atoms with E-state index in [1.54, 1.807) is 23.5 Å². The van der Waals surface area contributed by atoms with Crippen molar-refractivity contribution in [1.29, 1.82) is 0 Å². The van der Waals surface area contributed by atoms with E-state index in [2.05, 4.69) is 24.3 Å². The molecule has 0 fully saturated rings. The zero-order valence-electron chi connectivity index (χ0n) is 14.9. The standard InChI is InChI=1S/C24H16O2S2/c25-23-19(13-15-9-11-27-21-7-3-1-5-17(15)21)24(26)20(23)14-16-10-12-28-22-8-4-2-6-18(16)22/h1-16H. The van der Waals surface area contributed by atoms with Gasteiger partial charge in [0.15, 0.2) is 10.9 Å². The lowest BCUT2D eigenvalue weighted by Crippen LogP contribution is -2.64. The van der Waals surface area contributed by atoms with Crippen LogP contribution in [0.5, 0.6) is 0 Å². The maximum atomic E-state index is 12.7. The third-order valence-corrected chi connectivity index (χ3v) is 7.03. The summed E-state index contributed by atoms with van der Waals surface area (Å²) in [5.74, 6) is -0.0674. The Kier molecular flexibility index (Phi) is 4.46. The third kappa shape index (κ3) is 2.93. The largest absolute Gasteiger partial charge is 0.288 e. The minimum absolute atomic E-state index is 0.0337. The molecule has 0 spiro atoms. The molecule has 3 aromatic carbocycles. The Morgan fingerprint density at radius 2 is 1.07 bits per heavy atom. The molecule has 0 aliphatic carbocycles. The first-order valence-corrected chi connectivity index (χ1v) is 10.9. The molecule has 2 nitrogen and oxygen atoms in total. The first-order valence-electron chi connectivity index (χ1n) is 9.10. The van der Waals surface area contributed by atoms with Crippen molar-refractivity contribution in [2.24, 2.45) is 0 Å². The van der Waals surface area contributed by atoms with Crippen LogP contribution in [0.15, 0.2) is 90.9 Å². The molecule has 0 N–H and O–H groups in total. The molecule has 2 atom stereocenters. The Morgan fingerprint density at radius 3 is 1.54 bits per heavy atom. The lowest BCUT2D eigenvalue weighted by atomic mass is 9.94. The summed E-state index contributed by atoms with van der Waals surface area (Å²) in [5, 5.41) is 4.67. The molecular weight excluding hydrogens is 384 g/mol. The number of rotatable bonds is 2. The third-order valence-electron chi connectivity index (χ3n) is 5.19. The number of thioether (sulfide) groups is 2. The number of fused-ring (bicyclic) bond motifs is 2. The summed E-state index contributed by atoms with van der Waals surface area (Å²) in [4.78, 5) is 27.8. The van der Waals surface area contributed by atoms with Crippen LogP contribution in [0.4, 0.5) is 0 Å². The van der Waals surface area contributed by atoms with E-state index < -0.39 is 0 Å². The van der Waals surface area contributed by atoms with Gasteiger partial charge in [-0.25, -0.2) is 0 Å². The average molecular weight is 401 g/mol. The lowest BCUT2D eigenvalue weighted by molar-refractivity contribution is 1.05. The second kappa shape index (κ2) is 7.12.